The Bertz CT molecular complexity index is 773. The summed E-state index contributed by atoms with van der Waals surface area (Å²) in [5, 5.41) is 2.25. The van der Waals surface area contributed by atoms with Crippen molar-refractivity contribution >= 4 is 11.3 Å². The molecule has 1 unspecified atom stereocenters. The largest absolute Gasteiger partial charge is 0.294 e. The van der Waals surface area contributed by atoms with E-state index in [0.29, 0.717) is 5.92 Å². The average molecular weight is 319 g/mol. The summed E-state index contributed by atoms with van der Waals surface area (Å²) in [5.41, 5.74) is 5.67. The van der Waals surface area contributed by atoms with Crippen molar-refractivity contribution in [3.63, 3.8) is 0 Å². The van der Waals surface area contributed by atoms with Crippen molar-refractivity contribution in [3.05, 3.63) is 93.2 Å². The van der Waals surface area contributed by atoms with Gasteiger partial charge in [-0.25, -0.2) is 0 Å². The first-order valence-electron chi connectivity index (χ1n) is 8.19. The van der Waals surface area contributed by atoms with E-state index in [1.807, 2.05) is 11.3 Å². The number of hydrogen-bond acceptors (Lipinski definition) is 2. The average Bonchev–Trinajstić information content (AvgIpc) is 3.05. The van der Waals surface area contributed by atoms with Gasteiger partial charge in [0.05, 0.1) is 0 Å². The van der Waals surface area contributed by atoms with Gasteiger partial charge in [-0.3, -0.25) is 4.90 Å². The summed E-state index contributed by atoms with van der Waals surface area (Å²) in [4.78, 5) is 4.13. The van der Waals surface area contributed by atoms with Gasteiger partial charge < -0.3 is 0 Å². The molecule has 0 saturated heterocycles. The molecule has 1 atom stereocenters. The van der Waals surface area contributed by atoms with Gasteiger partial charge in [0.15, 0.2) is 0 Å². The fourth-order valence-corrected chi connectivity index (χ4v) is 4.48. The molecule has 2 heteroatoms. The lowest BCUT2D eigenvalue weighted by Crippen LogP contribution is -2.32. The Morgan fingerprint density at radius 3 is 2.57 bits per heavy atom. The van der Waals surface area contributed by atoms with Crippen LogP contribution in [0.25, 0.3) is 0 Å². The monoisotopic (exact) mass is 319 g/mol. The van der Waals surface area contributed by atoms with E-state index in [2.05, 4.69) is 77.9 Å². The lowest BCUT2D eigenvalue weighted by atomic mass is 9.91. The number of nitrogens with zero attached hydrogens (tertiary/aromatic N) is 1. The highest BCUT2D eigenvalue weighted by Crippen LogP contribution is 2.37. The highest BCUT2D eigenvalue weighted by molar-refractivity contribution is 7.10. The van der Waals surface area contributed by atoms with Crippen LogP contribution in [0.2, 0.25) is 0 Å². The number of fused-ring (bicyclic) bond motifs is 1. The maximum atomic E-state index is 2.58. The topological polar surface area (TPSA) is 3.24 Å². The Labute approximate surface area is 142 Å². The molecule has 0 bridgehead atoms. The first-order valence-corrected chi connectivity index (χ1v) is 9.06. The van der Waals surface area contributed by atoms with Gasteiger partial charge in [-0.05, 0) is 35.1 Å². The van der Waals surface area contributed by atoms with Gasteiger partial charge in [0.25, 0.3) is 0 Å². The zero-order valence-electron chi connectivity index (χ0n) is 13.4. The summed E-state index contributed by atoms with van der Waals surface area (Å²) in [5.74, 6) is 0.505. The Morgan fingerprint density at radius 1 is 1.00 bits per heavy atom. The van der Waals surface area contributed by atoms with Crippen LogP contribution in [0.3, 0.4) is 0 Å². The lowest BCUT2D eigenvalue weighted by molar-refractivity contribution is 0.234. The van der Waals surface area contributed by atoms with Gasteiger partial charge in [-0.2, -0.15) is 0 Å². The predicted molar refractivity (Wildman–Crippen MR) is 97.9 cm³/mol. The SMILES string of the molecule is Cc1ccc(CN2Cc3ccsc3C(c3ccccc3)C2)cc1. The Morgan fingerprint density at radius 2 is 1.78 bits per heavy atom. The number of thiophene rings is 1. The maximum absolute atomic E-state index is 2.58. The summed E-state index contributed by atoms with van der Waals surface area (Å²) < 4.78 is 0. The van der Waals surface area contributed by atoms with Crippen molar-refractivity contribution in [1.82, 2.24) is 4.90 Å². The van der Waals surface area contributed by atoms with Crippen molar-refractivity contribution in [2.45, 2.75) is 25.9 Å². The molecule has 2 heterocycles. The van der Waals surface area contributed by atoms with Crippen molar-refractivity contribution in [2.24, 2.45) is 0 Å². The quantitative estimate of drug-likeness (QED) is 0.641. The van der Waals surface area contributed by atoms with Crippen molar-refractivity contribution in [3.8, 4) is 0 Å². The van der Waals surface area contributed by atoms with Gasteiger partial charge in [0.1, 0.15) is 0 Å². The van der Waals surface area contributed by atoms with Crippen LogP contribution in [0.5, 0.6) is 0 Å². The molecule has 0 aliphatic carbocycles. The summed E-state index contributed by atoms with van der Waals surface area (Å²) >= 11 is 1.91. The number of rotatable bonds is 3. The Kier molecular flexibility index (Phi) is 4.02. The van der Waals surface area contributed by atoms with E-state index < -0.39 is 0 Å². The zero-order chi connectivity index (χ0) is 15.6. The van der Waals surface area contributed by atoms with Crippen LogP contribution >= 0.6 is 11.3 Å². The van der Waals surface area contributed by atoms with Crippen LogP contribution in [0.15, 0.2) is 66.0 Å². The summed E-state index contributed by atoms with van der Waals surface area (Å²) in [7, 11) is 0. The first-order chi connectivity index (χ1) is 11.3. The third-order valence-electron chi connectivity index (χ3n) is 4.66. The van der Waals surface area contributed by atoms with Gasteiger partial charge in [-0.1, -0.05) is 60.2 Å². The van der Waals surface area contributed by atoms with Crippen molar-refractivity contribution in [1.29, 1.82) is 0 Å². The fraction of sp³-hybridized carbons (Fsp3) is 0.238. The third kappa shape index (κ3) is 3.10. The normalized spacial score (nSPS) is 17.9. The fourth-order valence-electron chi connectivity index (χ4n) is 3.44. The minimum atomic E-state index is 0.505. The van der Waals surface area contributed by atoms with Gasteiger partial charge >= 0.3 is 0 Å². The van der Waals surface area contributed by atoms with Crippen molar-refractivity contribution in [2.75, 3.05) is 6.54 Å². The molecular formula is C21H21NS. The van der Waals surface area contributed by atoms with E-state index in [1.165, 1.54) is 22.3 Å². The first kappa shape index (κ1) is 14.7. The number of aryl methyl sites for hydroxylation is 1. The van der Waals surface area contributed by atoms with Crippen LogP contribution in [0.1, 0.15) is 33.0 Å². The molecule has 1 aliphatic rings. The van der Waals surface area contributed by atoms with Gasteiger partial charge in [-0.15, -0.1) is 11.3 Å². The number of benzene rings is 2. The molecule has 0 spiro atoms. The predicted octanol–water partition coefficient (Wildman–Crippen LogP) is 5.20. The zero-order valence-corrected chi connectivity index (χ0v) is 14.2. The van der Waals surface area contributed by atoms with E-state index in [1.54, 1.807) is 4.88 Å². The lowest BCUT2D eigenvalue weighted by Gasteiger charge is -2.33. The molecule has 23 heavy (non-hydrogen) atoms. The number of hydrogen-bond donors (Lipinski definition) is 0. The molecule has 0 amide bonds. The van der Waals surface area contributed by atoms with Gasteiger partial charge in [0.2, 0.25) is 0 Å². The molecule has 2 aromatic carbocycles. The molecule has 3 aromatic rings. The highest BCUT2D eigenvalue weighted by Gasteiger charge is 2.27. The van der Waals surface area contributed by atoms with E-state index >= 15 is 0 Å². The second-order valence-electron chi connectivity index (χ2n) is 6.43. The summed E-state index contributed by atoms with van der Waals surface area (Å²) in [6, 6.07) is 22.2. The third-order valence-corrected chi connectivity index (χ3v) is 5.73. The van der Waals surface area contributed by atoms with E-state index in [4.69, 9.17) is 0 Å². The highest BCUT2D eigenvalue weighted by atomic mass is 32.1. The molecule has 1 nitrogen and oxygen atoms in total. The maximum Gasteiger partial charge on any atom is 0.0314 e. The summed E-state index contributed by atoms with van der Waals surface area (Å²) in [6.07, 6.45) is 0. The van der Waals surface area contributed by atoms with Crippen LogP contribution in [-0.2, 0) is 13.1 Å². The second-order valence-corrected chi connectivity index (χ2v) is 7.38. The van der Waals surface area contributed by atoms with Crippen LogP contribution < -0.4 is 0 Å². The molecule has 0 saturated carbocycles. The minimum Gasteiger partial charge on any atom is -0.294 e. The molecule has 0 fully saturated rings. The molecule has 1 aliphatic heterocycles. The Balaban J connectivity index is 1.61. The van der Waals surface area contributed by atoms with Crippen molar-refractivity contribution < 1.29 is 0 Å². The molecular weight excluding hydrogens is 298 g/mol. The van der Waals surface area contributed by atoms with E-state index in [9.17, 15) is 0 Å². The molecule has 116 valence electrons. The smallest absolute Gasteiger partial charge is 0.0314 e. The molecule has 1 aromatic heterocycles. The minimum absolute atomic E-state index is 0.505. The van der Waals surface area contributed by atoms with E-state index in [-0.39, 0.29) is 0 Å². The molecule has 0 N–H and O–H groups in total. The Hall–Kier alpha value is -1.90. The van der Waals surface area contributed by atoms with Crippen LogP contribution in [0, 0.1) is 6.92 Å². The van der Waals surface area contributed by atoms with E-state index in [0.717, 1.165) is 19.6 Å². The summed E-state index contributed by atoms with van der Waals surface area (Å²) in [6.45, 7) is 5.34. The van der Waals surface area contributed by atoms with Gasteiger partial charge in [0, 0.05) is 30.4 Å². The standard InChI is InChI=1S/C21H21NS/c1-16-7-9-17(10-8-16)13-22-14-19-11-12-23-21(19)20(15-22)18-5-3-2-4-6-18/h2-12,20H,13-15H2,1H3. The van der Waals surface area contributed by atoms with Crippen LogP contribution in [-0.4, -0.2) is 11.4 Å². The van der Waals surface area contributed by atoms with Crippen LogP contribution in [0.4, 0.5) is 0 Å². The second kappa shape index (κ2) is 6.31. The molecule has 4 rings (SSSR count). The molecule has 0 radical (unpaired) electrons.